The number of nitrogen functional groups attached to an aromatic ring is 1. The van der Waals surface area contributed by atoms with Crippen LogP contribution < -0.4 is 16.6 Å². The number of anilines is 2. The first kappa shape index (κ1) is 11.3. The van der Waals surface area contributed by atoms with Crippen LogP contribution in [0.4, 0.5) is 11.8 Å². The van der Waals surface area contributed by atoms with Crippen molar-refractivity contribution >= 4 is 22.8 Å². The molecule has 3 rings (SSSR count). The summed E-state index contributed by atoms with van der Waals surface area (Å²) in [5, 5.41) is 14.3. The molecule has 19 heavy (non-hydrogen) atoms. The molecule has 3 heterocycles. The molecule has 0 aliphatic rings. The molecule has 5 N–H and O–H groups in total. The van der Waals surface area contributed by atoms with Crippen molar-refractivity contribution in [3.63, 3.8) is 0 Å². The highest BCUT2D eigenvalue weighted by atomic mass is 16.5. The largest absolute Gasteiger partial charge is 0.362 e. The van der Waals surface area contributed by atoms with Gasteiger partial charge in [-0.3, -0.25) is 10.5 Å². The Morgan fingerprint density at radius 1 is 1.37 bits per heavy atom. The third-order valence-corrected chi connectivity index (χ3v) is 2.42. The van der Waals surface area contributed by atoms with Crippen molar-refractivity contribution in [2.75, 3.05) is 10.7 Å². The molecule has 0 aliphatic carbocycles. The fourth-order valence-corrected chi connectivity index (χ4v) is 1.61. The Morgan fingerprint density at radius 3 is 3.00 bits per heavy atom. The molecule has 0 bridgehead atoms. The Balaban J connectivity index is 1.88. The van der Waals surface area contributed by atoms with E-state index in [-0.39, 0.29) is 5.95 Å². The lowest BCUT2D eigenvalue weighted by atomic mass is 10.4. The average molecular weight is 261 g/mol. The number of hydrogen-bond acceptors (Lipinski definition) is 9. The SMILES string of the molecule is Cc1nc(CNc2nc(NN)nc3[nH]ncc23)no1. The maximum atomic E-state index is 5.31. The van der Waals surface area contributed by atoms with Crippen LogP contribution in [0.1, 0.15) is 11.7 Å². The minimum Gasteiger partial charge on any atom is -0.362 e. The predicted molar refractivity (Wildman–Crippen MR) is 65.9 cm³/mol. The van der Waals surface area contributed by atoms with Crippen molar-refractivity contribution in [3.05, 3.63) is 17.9 Å². The molecule has 0 amide bonds. The molecule has 3 aromatic heterocycles. The number of nitrogens with two attached hydrogens (primary N) is 1. The van der Waals surface area contributed by atoms with Gasteiger partial charge in [-0.1, -0.05) is 5.16 Å². The van der Waals surface area contributed by atoms with Crippen molar-refractivity contribution in [2.24, 2.45) is 5.84 Å². The lowest BCUT2D eigenvalue weighted by molar-refractivity contribution is 0.388. The number of H-pyrrole nitrogens is 1. The number of aromatic amines is 1. The Morgan fingerprint density at radius 2 is 2.26 bits per heavy atom. The van der Waals surface area contributed by atoms with Crippen molar-refractivity contribution in [1.82, 2.24) is 30.3 Å². The molecule has 0 saturated heterocycles. The van der Waals surface area contributed by atoms with E-state index in [2.05, 4.69) is 41.0 Å². The van der Waals surface area contributed by atoms with Gasteiger partial charge in [0.1, 0.15) is 5.82 Å². The van der Waals surface area contributed by atoms with Crippen LogP contribution in [0.25, 0.3) is 11.0 Å². The van der Waals surface area contributed by atoms with Crippen LogP contribution in [0.5, 0.6) is 0 Å². The van der Waals surface area contributed by atoms with Crippen LogP contribution in [-0.2, 0) is 6.54 Å². The van der Waals surface area contributed by atoms with Gasteiger partial charge < -0.3 is 9.84 Å². The molecule has 10 nitrogen and oxygen atoms in total. The van der Waals surface area contributed by atoms with Crippen molar-refractivity contribution in [2.45, 2.75) is 13.5 Å². The Labute approximate surface area is 106 Å². The monoisotopic (exact) mass is 261 g/mol. The molecule has 0 aliphatic heterocycles. The number of aryl methyl sites for hydroxylation is 1. The Kier molecular flexibility index (Phi) is 2.68. The highest BCUT2D eigenvalue weighted by Crippen LogP contribution is 2.19. The first-order chi connectivity index (χ1) is 9.26. The van der Waals surface area contributed by atoms with Gasteiger partial charge in [0.2, 0.25) is 11.8 Å². The second kappa shape index (κ2) is 4.49. The van der Waals surface area contributed by atoms with Gasteiger partial charge in [0.05, 0.1) is 18.1 Å². The summed E-state index contributed by atoms with van der Waals surface area (Å²) >= 11 is 0. The predicted octanol–water partition coefficient (Wildman–Crippen LogP) is -0.0580. The van der Waals surface area contributed by atoms with Crippen LogP contribution in [0.3, 0.4) is 0 Å². The van der Waals surface area contributed by atoms with Crippen LogP contribution in [0.2, 0.25) is 0 Å². The number of rotatable bonds is 4. The summed E-state index contributed by atoms with van der Waals surface area (Å²) in [6, 6.07) is 0. The summed E-state index contributed by atoms with van der Waals surface area (Å²) in [7, 11) is 0. The summed E-state index contributed by atoms with van der Waals surface area (Å²) in [5.74, 6) is 7.22. The fourth-order valence-electron chi connectivity index (χ4n) is 1.61. The number of hydrazine groups is 1. The van der Waals surface area contributed by atoms with Crippen LogP contribution in [-0.4, -0.2) is 30.3 Å². The van der Waals surface area contributed by atoms with Gasteiger partial charge in [0.15, 0.2) is 11.5 Å². The first-order valence-corrected chi connectivity index (χ1v) is 5.47. The highest BCUT2D eigenvalue weighted by Gasteiger charge is 2.10. The lowest BCUT2D eigenvalue weighted by Gasteiger charge is -2.05. The molecule has 0 aromatic carbocycles. The normalized spacial score (nSPS) is 10.8. The fraction of sp³-hybridized carbons (Fsp3) is 0.222. The third kappa shape index (κ3) is 2.15. The van der Waals surface area contributed by atoms with Crippen LogP contribution >= 0.6 is 0 Å². The van der Waals surface area contributed by atoms with Crippen LogP contribution in [0.15, 0.2) is 10.7 Å². The quantitative estimate of drug-likeness (QED) is 0.375. The number of hydrogen-bond donors (Lipinski definition) is 4. The average Bonchev–Trinajstić information content (AvgIpc) is 3.04. The molecule has 0 spiro atoms. The molecule has 10 heteroatoms. The summed E-state index contributed by atoms with van der Waals surface area (Å²) in [5.41, 5.74) is 2.97. The molecular formula is C9H11N9O. The third-order valence-electron chi connectivity index (χ3n) is 2.42. The van der Waals surface area contributed by atoms with E-state index in [0.717, 1.165) is 5.39 Å². The van der Waals surface area contributed by atoms with Crippen molar-refractivity contribution in [1.29, 1.82) is 0 Å². The summed E-state index contributed by atoms with van der Waals surface area (Å²) in [6.45, 7) is 2.10. The number of fused-ring (bicyclic) bond motifs is 1. The molecule has 0 fully saturated rings. The summed E-state index contributed by atoms with van der Waals surface area (Å²) < 4.78 is 4.89. The van der Waals surface area contributed by atoms with Crippen molar-refractivity contribution in [3.8, 4) is 0 Å². The van der Waals surface area contributed by atoms with E-state index in [1.807, 2.05) is 0 Å². The molecular weight excluding hydrogens is 250 g/mol. The zero-order valence-electron chi connectivity index (χ0n) is 10.0. The van der Waals surface area contributed by atoms with E-state index in [4.69, 9.17) is 10.4 Å². The number of nitrogens with zero attached hydrogens (tertiary/aromatic N) is 5. The molecule has 98 valence electrons. The number of aromatic nitrogens is 6. The van der Waals surface area contributed by atoms with Gasteiger partial charge in [0, 0.05) is 6.92 Å². The molecule has 3 aromatic rings. The van der Waals surface area contributed by atoms with E-state index in [0.29, 0.717) is 29.7 Å². The molecule has 0 unspecified atom stereocenters. The molecule has 0 radical (unpaired) electrons. The smallest absolute Gasteiger partial charge is 0.241 e. The van der Waals surface area contributed by atoms with E-state index in [9.17, 15) is 0 Å². The minimum absolute atomic E-state index is 0.281. The van der Waals surface area contributed by atoms with Gasteiger partial charge in [0.25, 0.3) is 0 Å². The van der Waals surface area contributed by atoms with E-state index in [1.165, 1.54) is 0 Å². The van der Waals surface area contributed by atoms with E-state index >= 15 is 0 Å². The van der Waals surface area contributed by atoms with Gasteiger partial charge >= 0.3 is 0 Å². The standard InChI is InChI=1S/C9H11N9O/c1-4-13-6(18-19-4)3-11-7-5-2-12-17-8(5)15-9(14-7)16-10/h2H,3,10H2,1H3,(H3,11,12,14,15,16,17). The highest BCUT2D eigenvalue weighted by molar-refractivity contribution is 5.86. The van der Waals surface area contributed by atoms with E-state index < -0.39 is 0 Å². The van der Waals surface area contributed by atoms with Gasteiger partial charge in [-0.25, -0.2) is 5.84 Å². The van der Waals surface area contributed by atoms with Crippen molar-refractivity contribution < 1.29 is 4.52 Å². The minimum atomic E-state index is 0.281. The topological polar surface area (TPSA) is 143 Å². The summed E-state index contributed by atoms with van der Waals surface area (Å²) in [4.78, 5) is 12.4. The van der Waals surface area contributed by atoms with Gasteiger partial charge in [-0.05, 0) is 0 Å². The second-order valence-corrected chi connectivity index (χ2v) is 3.76. The molecule has 0 saturated carbocycles. The zero-order valence-corrected chi connectivity index (χ0v) is 10.0. The lowest BCUT2D eigenvalue weighted by Crippen LogP contribution is -2.12. The van der Waals surface area contributed by atoms with Gasteiger partial charge in [-0.15, -0.1) is 0 Å². The van der Waals surface area contributed by atoms with Crippen LogP contribution in [0, 0.1) is 6.92 Å². The zero-order chi connectivity index (χ0) is 13.2. The Bertz CT molecular complexity index is 703. The van der Waals surface area contributed by atoms with Gasteiger partial charge in [-0.2, -0.15) is 20.1 Å². The first-order valence-electron chi connectivity index (χ1n) is 5.47. The van der Waals surface area contributed by atoms with E-state index in [1.54, 1.807) is 13.1 Å². The summed E-state index contributed by atoms with van der Waals surface area (Å²) in [6.07, 6.45) is 1.62. The Hall–Kier alpha value is -2.75. The second-order valence-electron chi connectivity index (χ2n) is 3.76. The maximum absolute atomic E-state index is 5.31. The molecule has 0 atom stereocenters. The number of nitrogens with one attached hydrogen (secondary N) is 3. The maximum Gasteiger partial charge on any atom is 0.241 e.